The van der Waals surface area contributed by atoms with Crippen LogP contribution in [0.4, 0.5) is 0 Å². The summed E-state index contributed by atoms with van der Waals surface area (Å²) in [6.07, 6.45) is 0. The van der Waals surface area contributed by atoms with E-state index in [0.29, 0.717) is 25.8 Å². The van der Waals surface area contributed by atoms with Crippen molar-refractivity contribution in [2.75, 3.05) is 0 Å². The largest absolute Gasteiger partial charge is 0.268 e. The highest BCUT2D eigenvalue weighted by atomic mass is 79.9. The minimum Gasteiger partial charge on any atom is -0.268 e. The van der Waals surface area contributed by atoms with Crippen LogP contribution in [0.25, 0.3) is 27.4 Å². The molecule has 0 bridgehead atoms. The van der Waals surface area contributed by atoms with Gasteiger partial charge in [0.1, 0.15) is 5.82 Å². The van der Waals surface area contributed by atoms with Crippen molar-refractivity contribution in [2.24, 2.45) is 0 Å². The van der Waals surface area contributed by atoms with E-state index in [4.69, 9.17) is 17.2 Å². The third kappa shape index (κ3) is 2.62. The molecule has 2 aromatic carbocycles. The van der Waals surface area contributed by atoms with Crippen molar-refractivity contribution in [3.05, 3.63) is 67.3 Å². The van der Waals surface area contributed by atoms with Crippen molar-refractivity contribution < 1.29 is 0 Å². The van der Waals surface area contributed by atoms with Crippen LogP contribution < -0.4 is 5.56 Å². The number of aromatic amines is 1. The molecule has 0 atom stereocenters. The number of halogens is 1. The van der Waals surface area contributed by atoms with Gasteiger partial charge in [-0.2, -0.15) is 0 Å². The molecule has 0 aliphatic carbocycles. The van der Waals surface area contributed by atoms with E-state index in [1.54, 1.807) is 6.07 Å². The molecule has 0 fully saturated rings. The van der Waals surface area contributed by atoms with Crippen LogP contribution in [0.1, 0.15) is 0 Å². The second-order valence-electron chi connectivity index (χ2n) is 5.00. The molecule has 4 rings (SSSR count). The molecule has 0 saturated carbocycles. The molecular weight excluding hydrogens is 408 g/mol. The Kier molecular flexibility index (Phi) is 3.87. The molecule has 118 valence electrons. The first-order valence-corrected chi connectivity index (χ1v) is 8.99. The highest BCUT2D eigenvalue weighted by Crippen LogP contribution is 2.24. The summed E-state index contributed by atoms with van der Waals surface area (Å²) in [6, 6.07) is 15.0. The van der Waals surface area contributed by atoms with Gasteiger partial charge in [-0.25, -0.2) is 9.55 Å². The Balaban J connectivity index is 2.15. The summed E-state index contributed by atoms with van der Waals surface area (Å²) in [7, 11) is 0. The lowest BCUT2D eigenvalue weighted by Crippen LogP contribution is -2.22. The predicted octanol–water partition coefficient (Wildman–Crippen LogP) is 4.33. The minimum atomic E-state index is -0.182. The number of hydrogen-bond donors (Lipinski definition) is 1. The SMILES string of the molecule is O=c1c2cc(Br)ccc2nc(-c2ccccc2)n1-c1n[nH]c(=S)s1. The first kappa shape index (κ1) is 15.4. The van der Waals surface area contributed by atoms with E-state index in [-0.39, 0.29) is 5.56 Å². The summed E-state index contributed by atoms with van der Waals surface area (Å²) in [4.78, 5) is 17.8. The lowest BCUT2D eigenvalue weighted by Gasteiger charge is -2.11. The van der Waals surface area contributed by atoms with Gasteiger partial charge in [-0.1, -0.05) is 57.6 Å². The van der Waals surface area contributed by atoms with Crippen LogP contribution in [0.2, 0.25) is 0 Å². The summed E-state index contributed by atoms with van der Waals surface area (Å²) < 4.78 is 2.83. The Morgan fingerprint density at radius 2 is 1.96 bits per heavy atom. The Labute approximate surface area is 153 Å². The smallest absolute Gasteiger partial charge is 0.268 e. The lowest BCUT2D eigenvalue weighted by molar-refractivity contribution is 0.918. The first-order chi connectivity index (χ1) is 11.6. The van der Waals surface area contributed by atoms with Gasteiger partial charge >= 0.3 is 0 Å². The maximum Gasteiger partial charge on any atom is 0.268 e. The van der Waals surface area contributed by atoms with Gasteiger partial charge in [-0.3, -0.25) is 9.89 Å². The fraction of sp³-hybridized carbons (Fsp3) is 0. The van der Waals surface area contributed by atoms with Crippen molar-refractivity contribution in [3.8, 4) is 16.5 Å². The van der Waals surface area contributed by atoms with E-state index < -0.39 is 0 Å². The van der Waals surface area contributed by atoms with Crippen molar-refractivity contribution in [1.29, 1.82) is 0 Å². The topological polar surface area (TPSA) is 63.6 Å². The van der Waals surface area contributed by atoms with Crippen LogP contribution in [0, 0.1) is 3.95 Å². The van der Waals surface area contributed by atoms with Crippen molar-refractivity contribution in [3.63, 3.8) is 0 Å². The Bertz CT molecular complexity index is 1160. The van der Waals surface area contributed by atoms with Gasteiger partial charge in [0.25, 0.3) is 5.56 Å². The minimum absolute atomic E-state index is 0.182. The number of nitrogens with one attached hydrogen (secondary N) is 1. The zero-order valence-corrected chi connectivity index (χ0v) is 15.3. The van der Waals surface area contributed by atoms with E-state index in [9.17, 15) is 4.79 Å². The highest BCUT2D eigenvalue weighted by Gasteiger charge is 2.16. The standard InChI is InChI=1S/C16H9BrN4OS2/c17-10-6-7-12-11(8-10)14(22)21(15-19-20-16(23)24-15)13(18-12)9-4-2-1-3-5-9/h1-8H,(H,20,23). The summed E-state index contributed by atoms with van der Waals surface area (Å²) in [5, 5.41) is 7.87. The Morgan fingerprint density at radius 1 is 1.17 bits per heavy atom. The van der Waals surface area contributed by atoms with Crippen molar-refractivity contribution in [2.45, 2.75) is 0 Å². The molecule has 0 radical (unpaired) electrons. The first-order valence-electron chi connectivity index (χ1n) is 6.97. The summed E-state index contributed by atoms with van der Waals surface area (Å²) >= 11 is 9.75. The van der Waals surface area contributed by atoms with Crippen molar-refractivity contribution >= 4 is 50.4 Å². The molecule has 0 saturated heterocycles. The zero-order chi connectivity index (χ0) is 16.7. The van der Waals surface area contributed by atoms with E-state index >= 15 is 0 Å². The van der Waals surface area contributed by atoms with Gasteiger partial charge in [-0.15, -0.1) is 5.10 Å². The van der Waals surface area contributed by atoms with E-state index in [2.05, 4.69) is 26.1 Å². The molecule has 4 aromatic rings. The van der Waals surface area contributed by atoms with Crippen LogP contribution >= 0.6 is 39.5 Å². The molecule has 24 heavy (non-hydrogen) atoms. The highest BCUT2D eigenvalue weighted by molar-refractivity contribution is 9.10. The molecule has 0 spiro atoms. The zero-order valence-electron chi connectivity index (χ0n) is 12.1. The second-order valence-corrected chi connectivity index (χ2v) is 7.56. The summed E-state index contributed by atoms with van der Waals surface area (Å²) in [6.45, 7) is 0. The molecule has 0 amide bonds. The molecule has 0 aliphatic rings. The number of aromatic nitrogens is 4. The molecule has 8 heteroatoms. The Hall–Kier alpha value is -2.16. The predicted molar refractivity (Wildman–Crippen MR) is 101 cm³/mol. The fourth-order valence-electron chi connectivity index (χ4n) is 2.43. The van der Waals surface area contributed by atoms with Gasteiger partial charge in [0, 0.05) is 10.0 Å². The van der Waals surface area contributed by atoms with Crippen molar-refractivity contribution in [1.82, 2.24) is 19.7 Å². The number of nitrogens with zero attached hydrogens (tertiary/aromatic N) is 3. The molecule has 2 aromatic heterocycles. The van der Waals surface area contributed by atoms with Gasteiger partial charge in [0.2, 0.25) is 5.13 Å². The van der Waals surface area contributed by atoms with Crippen LogP contribution in [0.3, 0.4) is 0 Å². The number of benzene rings is 2. The monoisotopic (exact) mass is 416 g/mol. The van der Waals surface area contributed by atoms with Gasteiger partial charge in [-0.05, 0) is 30.4 Å². The summed E-state index contributed by atoms with van der Waals surface area (Å²) in [5.74, 6) is 0.535. The van der Waals surface area contributed by atoms with E-state index in [0.717, 1.165) is 10.0 Å². The van der Waals surface area contributed by atoms with E-state index in [1.165, 1.54) is 15.9 Å². The summed E-state index contributed by atoms with van der Waals surface area (Å²) in [5.41, 5.74) is 1.29. The molecule has 0 unspecified atom stereocenters. The quantitative estimate of drug-likeness (QED) is 0.493. The van der Waals surface area contributed by atoms with Crippen LogP contribution in [-0.4, -0.2) is 19.7 Å². The Morgan fingerprint density at radius 3 is 2.67 bits per heavy atom. The number of hydrogen-bond acceptors (Lipinski definition) is 5. The van der Waals surface area contributed by atoms with Crippen LogP contribution in [0.15, 0.2) is 57.8 Å². The molecular formula is C16H9BrN4OS2. The second kappa shape index (κ2) is 6.04. The molecule has 5 nitrogen and oxygen atoms in total. The molecule has 0 aliphatic heterocycles. The van der Waals surface area contributed by atoms with Gasteiger partial charge in [0.05, 0.1) is 10.9 Å². The normalized spacial score (nSPS) is 11.0. The fourth-order valence-corrected chi connectivity index (χ4v) is 3.67. The average molecular weight is 417 g/mol. The maximum absolute atomic E-state index is 13.1. The third-order valence-electron chi connectivity index (χ3n) is 3.48. The third-order valence-corrected chi connectivity index (χ3v) is 5.05. The molecule has 2 heterocycles. The number of rotatable bonds is 2. The lowest BCUT2D eigenvalue weighted by atomic mass is 10.2. The molecule has 1 N–H and O–H groups in total. The maximum atomic E-state index is 13.1. The average Bonchev–Trinajstić information content (AvgIpc) is 3.02. The van der Waals surface area contributed by atoms with Crippen LogP contribution in [0.5, 0.6) is 0 Å². The van der Waals surface area contributed by atoms with Gasteiger partial charge in [0.15, 0.2) is 3.95 Å². The van der Waals surface area contributed by atoms with Gasteiger partial charge < -0.3 is 0 Å². The van der Waals surface area contributed by atoms with Crippen LogP contribution in [-0.2, 0) is 0 Å². The number of fused-ring (bicyclic) bond motifs is 1. The van der Waals surface area contributed by atoms with E-state index in [1.807, 2.05) is 42.5 Å². The number of H-pyrrole nitrogens is 1.